The Bertz CT molecular complexity index is 1050. The highest BCUT2D eigenvalue weighted by molar-refractivity contribution is 6.29. The van der Waals surface area contributed by atoms with E-state index in [1.807, 2.05) is 0 Å². The summed E-state index contributed by atoms with van der Waals surface area (Å²) in [6, 6.07) is 3.59. The van der Waals surface area contributed by atoms with Gasteiger partial charge in [0.2, 0.25) is 0 Å². The Morgan fingerprint density at radius 1 is 1.03 bits per heavy atom. The largest absolute Gasteiger partial charge is 0.464 e. The molecule has 6 rings (SSSR count). The quantitative estimate of drug-likeness (QED) is 0.507. The molecule has 2 N–H and O–H groups in total. The molecule has 4 bridgehead atoms. The molecule has 31 heavy (non-hydrogen) atoms. The van der Waals surface area contributed by atoms with Crippen LogP contribution in [0.25, 0.3) is 0 Å². The lowest BCUT2D eigenvalue weighted by Gasteiger charge is -2.27. The van der Waals surface area contributed by atoms with E-state index < -0.39 is 17.6 Å². The molecule has 6 heterocycles. The maximum absolute atomic E-state index is 13.7. The van der Waals surface area contributed by atoms with E-state index in [4.69, 9.17) is 11.6 Å². The zero-order chi connectivity index (χ0) is 21.7. The third kappa shape index (κ3) is 3.58. The summed E-state index contributed by atoms with van der Waals surface area (Å²) in [5, 5.41) is 6.40. The standard InChI is InChI=1S/C11H12FN3O2.C9H9ClFN3/c1-17-11(16)9-7(12)4-8-10(14-9)13-6-2-3-15(8)5-6;10-8-6(11)3-7-9(13-8)12-5-1-2-14(7)4-5/h4,6H,2-3,5H2,1H3,(H,13,14);3,5H,1-2,4H2,(H,12,13)/t6-;5-/m00/s1. The van der Waals surface area contributed by atoms with Crippen LogP contribution in [0.4, 0.5) is 31.8 Å². The number of hydrogen-bond donors (Lipinski definition) is 2. The molecule has 0 aliphatic carbocycles. The third-order valence-corrected chi connectivity index (χ3v) is 6.25. The molecule has 8 nitrogen and oxygen atoms in total. The van der Waals surface area contributed by atoms with Crippen LogP contribution in [-0.2, 0) is 4.74 Å². The van der Waals surface area contributed by atoms with Crippen molar-refractivity contribution < 1.29 is 18.3 Å². The summed E-state index contributed by atoms with van der Waals surface area (Å²) in [6.07, 6.45) is 2.08. The van der Waals surface area contributed by atoms with Gasteiger partial charge in [0, 0.05) is 50.4 Å². The van der Waals surface area contributed by atoms with Gasteiger partial charge in [0.05, 0.1) is 18.5 Å². The molecule has 2 aromatic heterocycles. The van der Waals surface area contributed by atoms with Gasteiger partial charge in [-0.1, -0.05) is 11.6 Å². The number of ether oxygens (including phenoxy) is 1. The molecule has 2 fully saturated rings. The molecule has 4 aliphatic heterocycles. The molecule has 0 spiro atoms. The van der Waals surface area contributed by atoms with Gasteiger partial charge < -0.3 is 25.2 Å². The first kappa shape index (κ1) is 20.0. The second-order valence-corrected chi connectivity index (χ2v) is 8.32. The van der Waals surface area contributed by atoms with Crippen LogP contribution >= 0.6 is 11.6 Å². The lowest BCUT2D eigenvalue weighted by Crippen LogP contribution is -2.33. The van der Waals surface area contributed by atoms with Crippen LogP contribution in [0.5, 0.6) is 0 Å². The minimum Gasteiger partial charge on any atom is -0.464 e. The topological polar surface area (TPSA) is 82.6 Å². The monoisotopic (exact) mass is 450 g/mol. The number of rotatable bonds is 1. The number of methoxy groups -OCH3 is 1. The molecule has 2 atom stereocenters. The van der Waals surface area contributed by atoms with E-state index in [1.165, 1.54) is 19.2 Å². The van der Waals surface area contributed by atoms with Crippen molar-refractivity contribution in [3.05, 3.63) is 34.6 Å². The Kier molecular flexibility index (Phi) is 4.96. The molecular formula is C20H21ClF2N6O2. The number of halogens is 3. The van der Waals surface area contributed by atoms with Crippen LogP contribution in [0, 0.1) is 11.6 Å². The Balaban J connectivity index is 0.000000134. The van der Waals surface area contributed by atoms with Crippen LogP contribution in [0.15, 0.2) is 12.1 Å². The van der Waals surface area contributed by atoms with E-state index in [9.17, 15) is 13.6 Å². The molecule has 164 valence electrons. The van der Waals surface area contributed by atoms with Crippen molar-refractivity contribution in [1.82, 2.24) is 9.97 Å². The first-order valence-corrected chi connectivity index (χ1v) is 10.5. The molecule has 0 saturated carbocycles. The molecule has 2 saturated heterocycles. The zero-order valence-electron chi connectivity index (χ0n) is 16.8. The van der Waals surface area contributed by atoms with Crippen molar-refractivity contribution in [2.24, 2.45) is 0 Å². The predicted molar refractivity (Wildman–Crippen MR) is 113 cm³/mol. The van der Waals surface area contributed by atoms with Gasteiger partial charge in [-0.2, -0.15) is 0 Å². The Hall–Kier alpha value is -2.88. The van der Waals surface area contributed by atoms with Crippen LogP contribution in [0.1, 0.15) is 23.3 Å². The highest BCUT2D eigenvalue weighted by Crippen LogP contribution is 2.36. The summed E-state index contributed by atoms with van der Waals surface area (Å²) in [5.74, 6) is -0.550. The molecular weight excluding hydrogens is 430 g/mol. The predicted octanol–water partition coefficient (Wildman–Crippen LogP) is 2.89. The molecule has 0 amide bonds. The number of esters is 1. The third-order valence-electron chi connectivity index (χ3n) is 5.99. The van der Waals surface area contributed by atoms with Crippen LogP contribution < -0.4 is 20.4 Å². The van der Waals surface area contributed by atoms with Gasteiger partial charge in [-0.3, -0.25) is 0 Å². The number of carbonyl (C=O) groups is 1. The Labute approximate surface area is 182 Å². The minimum absolute atomic E-state index is 0.0567. The summed E-state index contributed by atoms with van der Waals surface area (Å²) in [4.78, 5) is 23.6. The first-order valence-electron chi connectivity index (χ1n) is 10.1. The van der Waals surface area contributed by atoms with Gasteiger partial charge in [0.25, 0.3) is 0 Å². The fraction of sp³-hybridized carbons (Fsp3) is 0.450. The summed E-state index contributed by atoms with van der Waals surface area (Å²) >= 11 is 5.62. The maximum Gasteiger partial charge on any atom is 0.359 e. The van der Waals surface area contributed by atoms with E-state index in [0.29, 0.717) is 23.7 Å². The van der Waals surface area contributed by atoms with Gasteiger partial charge in [0.1, 0.15) is 0 Å². The number of fused-ring (bicyclic) bond motifs is 8. The van der Waals surface area contributed by atoms with Gasteiger partial charge >= 0.3 is 5.97 Å². The number of carbonyl (C=O) groups excluding carboxylic acids is 1. The molecule has 4 aliphatic rings. The molecule has 2 aromatic rings. The van der Waals surface area contributed by atoms with Crippen LogP contribution in [-0.4, -0.2) is 61.3 Å². The maximum atomic E-state index is 13.7. The summed E-state index contributed by atoms with van der Waals surface area (Å²) < 4.78 is 31.4. The fourth-order valence-corrected chi connectivity index (χ4v) is 4.59. The van der Waals surface area contributed by atoms with Crippen molar-refractivity contribution in [3.63, 3.8) is 0 Å². The average Bonchev–Trinajstić information content (AvgIpc) is 3.34. The lowest BCUT2D eigenvalue weighted by atomic mass is 10.2. The first-order chi connectivity index (χ1) is 14.9. The van der Waals surface area contributed by atoms with Crippen LogP contribution in [0.2, 0.25) is 5.15 Å². The highest BCUT2D eigenvalue weighted by atomic mass is 35.5. The van der Waals surface area contributed by atoms with Gasteiger partial charge in [-0.15, -0.1) is 0 Å². The zero-order valence-corrected chi connectivity index (χ0v) is 17.5. The molecule has 0 radical (unpaired) electrons. The average molecular weight is 451 g/mol. The Morgan fingerprint density at radius 3 is 2.16 bits per heavy atom. The van der Waals surface area contributed by atoms with Crippen molar-refractivity contribution in [2.45, 2.75) is 24.9 Å². The van der Waals surface area contributed by atoms with Gasteiger partial charge in [0.15, 0.2) is 34.1 Å². The molecule has 0 unspecified atom stereocenters. The van der Waals surface area contributed by atoms with Crippen molar-refractivity contribution in [2.75, 3.05) is 53.7 Å². The Morgan fingerprint density at radius 2 is 1.58 bits per heavy atom. The SMILES string of the molecule is COC(=O)c1nc2c(cc1F)N1CC[C@@H](C1)N2.Fc1cc2c(nc1Cl)N[C@H]1CCN2C1. The van der Waals surface area contributed by atoms with Crippen molar-refractivity contribution in [1.29, 1.82) is 0 Å². The summed E-state index contributed by atoms with van der Waals surface area (Å²) in [5.41, 5.74) is 1.30. The molecule has 11 heteroatoms. The second-order valence-electron chi connectivity index (χ2n) is 7.96. The van der Waals surface area contributed by atoms with E-state index in [-0.39, 0.29) is 10.8 Å². The minimum atomic E-state index is -0.750. The fourth-order valence-electron chi connectivity index (χ4n) is 4.45. The van der Waals surface area contributed by atoms with E-state index in [2.05, 4.69) is 35.1 Å². The highest BCUT2D eigenvalue weighted by Gasteiger charge is 2.33. The molecule has 0 aromatic carbocycles. The number of anilines is 4. The number of aromatic nitrogens is 2. The van der Waals surface area contributed by atoms with E-state index in [1.54, 1.807) is 0 Å². The van der Waals surface area contributed by atoms with Gasteiger partial charge in [-0.25, -0.2) is 23.5 Å². The van der Waals surface area contributed by atoms with E-state index >= 15 is 0 Å². The second kappa shape index (κ2) is 7.67. The lowest BCUT2D eigenvalue weighted by molar-refractivity contribution is 0.0588. The number of nitrogens with zero attached hydrogens (tertiary/aromatic N) is 4. The van der Waals surface area contributed by atoms with Crippen LogP contribution in [0.3, 0.4) is 0 Å². The smallest absolute Gasteiger partial charge is 0.359 e. The summed E-state index contributed by atoms with van der Waals surface area (Å²) in [7, 11) is 1.21. The number of hydrogen-bond acceptors (Lipinski definition) is 8. The summed E-state index contributed by atoms with van der Waals surface area (Å²) in [6.45, 7) is 3.66. The number of nitrogens with one attached hydrogen (secondary N) is 2. The van der Waals surface area contributed by atoms with Crippen molar-refractivity contribution in [3.8, 4) is 0 Å². The van der Waals surface area contributed by atoms with E-state index in [0.717, 1.165) is 50.4 Å². The number of pyridine rings is 2. The van der Waals surface area contributed by atoms with Crippen molar-refractivity contribution >= 4 is 40.6 Å². The van der Waals surface area contributed by atoms with Gasteiger partial charge in [-0.05, 0) is 12.8 Å². The normalized spacial score (nSPS) is 21.9.